The summed E-state index contributed by atoms with van der Waals surface area (Å²) in [6.45, 7) is 2.92. The highest BCUT2D eigenvalue weighted by Gasteiger charge is 2.32. The topological polar surface area (TPSA) is 86.8 Å². The number of anilines is 1. The van der Waals surface area contributed by atoms with Gasteiger partial charge in [-0.05, 0) is 67.9 Å². The van der Waals surface area contributed by atoms with E-state index in [9.17, 15) is 22.4 Å². The second-order valence-electron chi connectivity index (χ2n) is 8.13. The van der Waals surface area contributed by atoms with Gasteiger partial charge in [-0.15, -0.1) is 0 Å². The van der Waals surface area contributed by atoms with Gasteiger partial charge in [0.05, 0.1) is 10.6 Å². The van der Waals surface area contributed by atoms with Crippen molar-refractivity contribution in [2.24, 2.45) is 0 Å². The number of halogens is 3. The number of amides is 2. The minimum Gasteiger partial charge on any atom is -0.355 e. The van der Waals surface area contributed by atoms with Crippen LogP contribution in [0, 0.1) is 5.82 Å². The maximum Gasteiger partial charge on any atom is 0.264 e. The number of benzene rings is 3. The summed E-state index contributed by atoms with van der Waals surface area (Å²) < 4.78 is 41.7. The van der Waals surface area contributed by atoms with Crippen LogP contribution in [0.2, 0.25) is 10.0 Å². The van der Waals surface area contributed by atoms with E-state index in [2.05, 4.69) is 5.32 Å². The van der Waals surface area contributed by atoms with E-state index >= 15 is 0 Å². The van der Waals surface area contributed by atoms with Gasteiger partial charge in [-0.1, -0.05) is 47.5 Å². The van der Waals surface area contributed by atoms with Crippen LogP contribution in [0.4, 0.5) is 10.1 Å². The summed E-state index contributed by atoms with van der Waals surface area (Å²) in [7, 11) is -4.22. The summed E-state index contributed by atoms with van der Waals surface area (Å²) in [6.07, 6.45) is 0. The maximum absolute atomic E-state index is 13.7. The van der Waals surface area contributed by atoms with Gasteiger partial charge < -0.3 is 10.2 Å². The van der Waals surface area contributed by atoms with Gasteiger partial charge in [-0.25, -0.2) is 12.8 Å². The van der Waals surface area contributed by atoms with Crippen molar-refractivity contribution in [1.29, 1.82) is 0 Å². The number of nitrogens with one attached hydrogen (secondary N) is 1. The Morgan fingerprint density at radius 1 is 1.00 bits per heavy atom. The van der Waals surface area contributed by atoms with Gasteiger partial charge in [0.2, 0.25) is 11.8 Å². The molecule has 7 nitrogen and oxygen atoms in total. The lowest BCUT2D eigenvalue weighted by Crippen LogP contribution is -2.51. The van der Waals surface area contributed by atoms with E-state index in [0.717, 1.165) is 16.4 Å². The lowest BCUT2D eigenvalue weighted by molar-refractivity contribution is -0.139. The van der Waals surface area contributed by atoms with Gasteiger partial charge in [0.1, 0.15) is 18.4 Å². The molecule has 0 bridgehead atoms. The fraction of sp³-hybridized carbons (Fsp3) is 0.231. The van der Waals surface area contributed by atoms with Crippen LogP contribution in [-0.4, -0.2) is 44.3 Å². The Bertz CT molecular complexity index is 1360. The minimum absolute atomic E-state index is 0.0452. The molecule has 11 heteroatoms. The Balaban J connectivity index is 2.03. The molecule has 0 aliphatic carbocycles. The third kappa shape index (κ3) is 7.00. The number of rotatable bonds is 10. The predicted octanol–water partition coefficient (Wildman–Crippen LogP) is 4.88. The number of hydrogen-bond donors (Lipinski definition) is 1. The first-order chi connectivity index (χ1) is 17.5. The molecule has 0 unspecified atom stereocenters. The summed E-state index contributed by atoms with van der Waals surface area (Å²) in [5.41, 5.74) is 0.614. The first kappa shape index (κ1) is 28.4. The fourth-order valence-electron chi connectivity index (χ4n) is 3.59. The lowest BCUT2D eigenvalue weighted by atomic mass is 10.1. The van der Waals surface area contributed by atoms with Gasteiger partial charge in [0.15, 0.2) is 0 Å². The van der Waals surface area contributed by atoms with E-state index in [4.69, 9.17) is 23.2 Å². The summed E-state index contributed by atoms with van der Waals surface area (Å²) in [6, 6.07) is 16.2. The third-order valence-corrected chi connectivity index (χ3v) is 7.97. The molecule has 1 atom stereocenters. The zero-order valence-electron chi connectivity index (χ0n) is 20.2. The van der Waals surface area contributed by atoms with Crippen molar-refractivity contribution in [1.82, 2.24) is 10.2 Å². The van der Waals surface area contributed by atoms with E-state index in [-0.39, 0.29) is 17.1 Å². The van der Waals surface area contributed by atoms with Gasteiger partial charge in [0.25, 0.3) is 10.0 Å². The molecule has 0 saturated carbocycles. The van der Waals surface area contributed by atoms with Gasteiger partial charge in [-0.3, -0.25) is 13.9 Å². The monoisotopic (exact) mass is 565 g/mol. The second kappa shape index (κ2) is 12.4. The number of carbonyl (C=O) groups excluding carboxylic acids is 2. The van der Waals surface area contributed by atoms with Crippen LogP contribution in [-0.2, 0) is 26.2 Å². The summed E-state index contributed by atoms with van der Waals surface area (Å²) in [5.74, 6) is -1.63. The Hall–Kier alpha value is -3.14. The smallest absolute Gasteiger partial charge is 0.264 e. The van der Waals surface area contributed by atoms with Crippen molar-refractivity contribution < 1.29 is 22.4 Å². The van der Waals surface area contributed by atoms with Crippen LogP contribution in [0.15, 0.2) is 77.7 Å². The maximum atomic E-state index is 13.7. The highest BCUT2D eigenvalue weighted by Crippen LogP contribution is 2.26. The number of likely N-dealkylation sites (N-methyl/N-ethyl adjacent to an activating group) is 1. The van der Waals surface area contributed by atoms with Crippen LogP contribution in [0.1, 0.15) is 19.4 Å². The number of hydrogen-bond acceptors (Lipinski definition) is 4. The molecule has 37 heavy (non-hydrogen) atoms. The van der Waals surface area contributed by atoms with Crippen LogP contribution < -0.4 is 9.62 Å². The molecule has 3 rings (SSSR count). The van der Waals surface area contributed by atoms with Crippen LogP contribution in [0.5, 0.6) is 0 Å². The SMILES string of the molecule is CCNC(=O)[C@@H](C)N(Cc1ccc(Cl)cc1Cl)C(=O)CN(c1ccc(F)cc1)S(=O)(=O)c1ccccc1. The normalized spacial score (nSPS) is 12.0. The molecular weight excluding hydrogens is 540 g/mol. The quantitative estimate of drug-likeness (QED) is 0.379. The van der Waals surface area contributed by atoms with Crippen LogP contribution >= 0.6 is 23.2 Å². The molecule has 196 valence electrons. The van der Waals surface area contributed by atoms with Gasteiger partial charge in [0, 0.05) is 23.1 Å². The first-order valence-electron chi connectivity index (χ1n) is 11.4. The Morgan fingerprint density at radius 3 is 2.24 bits per heavy atom. The van der Waals surface area contributed by atoms with Gasteiger partial charge >= 0.3 is 0 Å². The molecule has 0 spiro atoms. The van der Waals surface area contributed by atoms with E-state index in [0.29, 0.717) is 22.2 Å². The molecule has 0 heterocycles. The molecular formula is C26H26Cl2FN3O4S. The zero-order chi connectivity index (χ0) is 27.2. The van der Waals surface area contributed by atoms with Crippen molar-refractivity contribution >= 4 is 50.7 Å². The van der Waals surface area contributed by atoms with E-state index < -0.39 is 40.2 Å². The average molecular weight is 566 g/mol. The van der Waals surface area contributed by atoms with Crippen LogP contribution in [0.3, 0.4) is 0 Å². The molecule has 3 aromatic rings. The lowest BCUT2D eigenvalue weighted by Gasteiger charge is -2.32. The molecule has 2 amide bonds. The summed E-state index contributed by atoms with van der Waals surface area (Å²) >= 11 is 12.3. The van der Waals surface area contributed by atoms with Crippen molar-refractivity contribution in [3.8, 4) is 0 Å². The van der Waals surface area contributed by atoms with E-state index in [1.54, 1.807) is 44.2 Å². The highest BCUT2D eigenvalue weighted by atomic mass is 35.5. The first-order valence-corrected chi connectivity index (χ1v) is 13.6. The Labute approximate surface area is 225 Å². The molecule has 0 saturated heterocycles. The minimum atomic E-state index is -4.22. The van der Waals surface area contributed by atoms with Crippen molar-refractivity contribution in [2.75, 3.05) is 17.4 Å². The molecule has 0 radical (unpaired) electrons. The van der Waals surface area contributed by atoms with Crippen LogP contribution in [0.25, 0.3) is 0 Å². The Kier molecular flexibility index (Phi) is 9.53. The summed E-state index contributed by atoms with van der Waals surface area (Å²) in [5, 5.41) is 3.37. The van der Waals surface area contributed by atoms with E-state index in [1.807, 2.05) is 0 Å². The highest BCUT2D eigenvalue weighted by molar-refractivity contribution is 7.92. The standard InChI is InChI=1S/C26H26Cl2FN3O4S/c1-3-30-26(34)18(2)31(16-19-9-10-20(27)15-24(19)28)25(33)17-32(22-13-11-21(29)12-14-22)37(35,36)23-7-5-4-6-8-23/h4-15,18H,3,16-17H2,1-2H3,(H,30,34)/t18-/m1/s1. The zero-order valence-corrected chi connectivity index (χ0v) is 22.5. The predicted molar refractivity (Wildman–Crippen MR) is 143 cm³/mol. The molecule has 1 N–H and O–H groups in total. The molecule has 0 fully saturated rings. The molecule has 0 aliphatic heterocycles. The number of nitrogens with zero attached hydrogens (tertiary/aromatic N) is 2. The van der Waals surface area contributed by atoms with Crippen molar-refractivity contribution in [3.63, 3.8) is 0 Å². The Morgan fingerprint density at radius 2 is 1.65 bits per heavy atom. The van der Waals surface area contributed by atoms with Crippen molar-refractivity contribution in [3.05, 3.63) is 94.2 Å². The average Bonchev–Trinajstić information content (AvgIpc) is 2.87. The summed E-state index contributed by atoms with van der Waals surface area (Å²) in [4.78, 5) is 27.6. The molecule has 0 aromatic heterocycles. The van der Waals surface area contributed by atoms with E-state index in [1.165, 1.54) is 35.2 Å². The molecule has 3 aromatic carbocycles. The van der Waals surface area contributed by atoms with Crippen molar-refractivity contribution in [2.45, 2.75) is 31.3 Å². The number of carbonyl (C=O) groups is 2. The third-order valence-electron chi connectivity index (χ3n) is 5.60. The van der Waals surface area contributed by atoms with Gasteiger partial charge in [-0.2, -0.15) is 0 Å². The number of sulfonamides is 1. The molecule has 0 aliphatic rings. The largest absolute Gasteiger partial charge is 0.355 e. The second-order valence-corrected chi connectivity index (χ2v) is 10.8. The fourth-order valence-corrected chi connectivity index (χ4v) is 5.50.